The van der Waals surface area contributed by atoms with E-state index in [1.165, 1.54) is 18.2 Å². The van der Waals surface area contributed by atoms with Crippen LogP contribution in [0.2, 0.25) is 0 Å². The molecule has 1 aromatic heterocycles. The molecule has 0 amide bonds. The number of nitrogens with one attached hydrogen (secondary N) is 1. The minimum Gasteiger partial charge on any atom is -0.493 e. The molecule has 0 radical (unpaired) electrons. The van der Waals surface area contributed by atoms with Crippen molar-refractivity contribution in [1.29, 1.82) is 0 Å². The Morgan fingerprint density at radius 2 is 1.94 bits per heavy atom. The third-order valence-electron chi connectivity index (χ3n) is 6.56. The molecule has 2 aliphatic rings. The van der Waals surface area contributed by atoms with Crippen molar-refractivity contribution in [3.8, 4) is 5.75 Å². The molecular formula is C24H24F4N4O3S. The third kappa shape index (κ3) is 4.31. The third-order valence-corrected chi connectivity index (χ3v) is 8.41. The first-order valence-corrected chi connectivity index (χ1v) is 13.2. The molecular weight excluding hydrogens is 500 g/mol. The number of rotatable bonds is 1. The van der Waals surface area contributed by atoms with Crippen molar-refractivity contribution in [2.45, 2.75) is 44.8 Å². The van der Waals surface area contributed by atoms with Crippen LogP contribution in [0.25, 0.3) is 10.9 Å². The van der Waals surface area contributed by atoms with Gasteiger partial charge in [-0.2, -0.15) is 13.2 Å². The molecule has 2 atom stereocenters. The average molecular weight is 525 g/mol. The fraction of sp³-hybridized carbons (Fsp3) is 0.417. The van der Waals surface area contributed by atoms with Gasteiger partial charge in [-0.25, -0.2) is 22.8 Å². The van der Waals surface area contributed by atoms with Gasteiger partial charge in [-0.05, 0) is 31.9 Å². The van der Waals surface area contributed by atoms with E-state index < -0.39 is 33.6 Å². The van der Waals surface area contributed by atoms with Crippen molar-refractivity contribution in [2.24, 2.45) is 0 Å². The number of sulfonamides is 1. The number of aromatic nitrogens is 2. The lowest BCUT2D eigenvalue weighted by atomic mass is 10.0. The van der Waals surface area contributed by atoms with E-state index in [9.17, 15) is 21.6 Å². The van der Waals surface area contributed by atoms with E-state index in [2.05, 4.69) is 15.3 Å². The number of nitrogens with zero attached hydrogens (tertiary/aromatic N) is 3. The molecule has 1 N–H and O–H groups in total. The maximum Gasteiger partial charge on any atom is 0.419 e. The number of alkyl halides is 3. The van der Waals surface area contributed by atoms with Gasteiger partial charge in [0.2, 0.25) is 10.0 Å². The zero-order valence-corrected chi connectivity index (χ0v) is 20.4. The molecule has 1 fully saturated rings. The minimum atomic E-state index is -4.60. The van der Waals surface area contributed by atoms with Gasteiger partial charge in [0.25, 0.3) is 0 Å². The van der Waals surface area contributed by atoms with Crippen molar-refractivity contribution in [2.75, 3.05) is 28.5 Å². The van der Waals surface area contributed by atoms with Gasteiger partial charge in [-0.3, -0.25) is 4.31 Å². The lowest BCUT2D eigenvalue weighted by Crippen LogP contribution is -2.26. The van der Waals surface area contributed by atoms with Crippen LogP contribution in [0, 0.1) is 5.82 Å². The van der Waals surface area contributed by atoms with Crippen LogP contribution in [-0.4, -0.2) is 37.3 Å². The Morgan fingerprint density at radius 1 is 1.17 bits per heavy atom. The first-order valence-electron chi connectivity index (χ1n) is 11.6. The summed E-state index contributed by atoms with van der Waals surface area (Å²) in [7, 11) is -3.64. The van der Waals surface area contributed by atoms with E-state index in [4.69, 9.17) is 4.74 Å². The first-order chi connectivity index (χ1) is 17.0. The Hall–Kier alpha value is -3.15. The quantitative estimate of drug-likeness (QED) is 0.430. The van der Waals surface area contributed by atoms with Gasteiger partial charge in [0.1, 0.15) is 23.2 Å². The number of fused-ring (bicyclic) bond motifs is 5. The molecule has 1 saturated heterocycles. The molecule has 192 valence electrons. The van der Waals surface area contributed by atoms with Gasteiger partial charge in [0, 0.05) is 29.5 Å². The van der Waals surface area contributed by atoms with Crippen molar-refractivity contribution in [3.63, 3.8) is 0 Å². The lowest BCUT2D eigenvalue weighted by Gasteiger charge is -2.23. The average Bonchev–Trinajstić information content (AvgIpc) is 3.15. The summed E-state index contributed by atoms with van der Waals surface area (Å²) >= 11 is 0. The van der Waals surface area contributed by atoms with Gasteiger partial charge in [-0.15, -0.1) is 0 Å². The number of hydrogen-bond acceptors (Lipinski definition) is 6. The number of halogens is 4. The molecule has 2 aliphatic heterocycles. The maximum atomic E-state index is 15.1. The largest absolute Gasteiger partial charge is 0.493 e. The van der Waals surface area contributed by atoms with Crippen LogP contribution in [0.15, 0.2) is 30.3 Å². The second kappa shape index (κ2) is 8.75. The van der Waals surface area contributed by atoms with E-state index in [1.54, 1.807) is 13.0 Å². The summed E-state index contributed by atoms with van der Waals surface area (Å²) in [6, 6.07) is 5.75. The van der Waals surface area contributed by atoms with Gasteiger partial charge in [-0.1, -0.05) is 19.1 Å². The molecule has 7 nitrogen and oxygen atoms in total. The van der Waals surface area contributed by atoms with Gasteiger partial charge >= 0.3 is 6.18 Å². The van der Waals surface area contributed by atoms with Crippen LogP contribution < -0.4 is 14.4 Å². The Balaban J connectivity index is 1.68. The number of anilines is 2. The van der Waals surface area contributed by atoms with E-state index in [1.807, 2.05) is 6.92 Å². The van der Waals surface area contributed by atoms with Crippen LogP contribution in [0.4, 0.5) is 29.1 Å². The van der Waals surface area contributed by atoms with Gasteiger partial charge in [0.05, 0.1) is 35.2 Å². The fourth-order valence-electron chi connectivity index (χ4n) is 4.62. The molecule has 12 heteroatoms. The Bertz CT molecular complexity index is 1450. The summed E-state index contributed by atoms with van der Waals surface area (Å²) in [6.45, 7) is 3.65. The lowest BCUT2D eigenvalue weighted by molar-refractivity contribution is -0.139. The number of para-hydroxylation sites is 1. The Morgan fingerprint density at radius 3 is 2.64 bits per heavy atom. The predicted octanol–water partition coefficient (Wildman–Crippen LogP) is 5.39. The molecule has 0 aliphatic carbocycles. The van der Waals surface area contributed by atoms with Crippen LogP contribution in [0.1, 0.15) is 55.6 Å². The Kier molecular flexibility index (Phi) is 5.97. The van der Waals surface area contributed by atoms with Crippen LogP contribution in [0.5, 0.6) is 5.75 Å². The van der Waals surface area contributed by atoms with E-state index in [-0.39, 0.29) is 53.2 Å². The first kappa shape index (κ1) is 24.5. The highest BCUT2D eigenvalue weighted by Gasteiger charge is 2.36. The van der Waals surface area contributed by atoms with Crippen molar-refractivity contribution < 1.29 is 30.7 Å². The highest BCUT2D eigenvalue weighted by atomic mass is 32.2. The molecule has 3 heterocycles. The zero-order valence-electron chi connectivity index (χ0n) is 19.6. The normalized spacial score (nSPS) is 21.9. The van der Waals surface area contributed by atoms with E-state index in [0.717, 1.165) is 10.4 Å². The molecule has 2 bridgehead atoms. The molecule has 36 heavy (non-hydrogen) atoms. The maximum absolute atomic E-state index is 15.1. The van der Waals surface area contributed by atoms with Crippen LogP contribution in [0.3, 0.4) is 0 Å². The number of benzene rings is 2. The molecule has 2 aromatic carbocycles. The summed E-state index contributed by atoms with van der Waals surface area (Å²) < 4.78 is 88.0. The highest BCUT2D eigenvalue weighted by molar-refractivity contribution is 7.93. The van der Waals surface area contributed by atoms with Crippen molar-refractivity contribution >= 4 is 32.4 Å². The number of hydrogen-bond donors (Lipinski definition) is 1. The van der Waals surface area contributed by atoms with E-state index >= 15 is 4.39 Å². The van der Waals surface area contributed by atoms with Crippen LogP contribution in [-0.2, 0) is 16.2 Å². The standard InChI is InChI=1S/C24H24F4N4O3S/c1-13-7-9-35-21-15(5-3-6-17(21)24(26,27)28)14(2)29-23-16-11-20(32-8-4-10-36(32,33)34)18(25)12-19(16)30-22(13)31-23/h3,5-6,11-14H,4,7-10H2,1-2H3,(H,29,30,31)/t13-,14-/m1/s1. The minimum absolute atomic E-state index is 0.00479. The number of ether oxygens (including phenoxy) is 1. The van der Waals surface area contributed by atoms with Crippen LogP contribution >= 0.6 is 0 Å². The van der Waals surface area contributed by atoms with Crippen molar-refractivity contribution in [3.05, 3.63) is 53.1 Å². The molecule has 0 unspecified atom stereocenters. The van der Waals surface area contributed by atoms with Gasteiger partial charge in [0.15, 0.2) is 0 Å². The second-order valence-corrected chi connectivity index (χ2v) is 11.1. The summed E-state index contributed by atoms with van der Waals surface area (Å²) in [5.74, 6) is -0.693. The molecule has 5 rings (SSSR count). The fourth-order valence-corrected chi connectivity index (χ4v) is 6.18. The SMILES string of the molecule is C[C@@H]1CCOc2c(cccc2C(F)(F)F)[C@@H](C)Nc2nc1nc1cc(F)c(N3CCCS3(=O)=O)cc21. The topological polar surface area (TPSA) is 84.4 Å². The highest BCUT2D eigenvalue weighted by Crippen LogP contribution is 2.42. The second-order valence-electron chi connectivity index (χ2n) is 9.12. The Labute approximate surface area is 205 Å². The molecule has 3 aromatic rings. The summed E-state index contributed by atoms with van der Waals surface area (Å²) in [6.07, 6.45) is -3.89. The zero-order chi connectivity index (χ0) is 25.8. The predicted molar refractivity (Wildman–Crippen MR) is 127 cm³/mol. The molecule has 0 saturated carbocycles. The monoisotopic (exact) mass is 524 g/mol. The summed E-state index contributed by atoms with van der Waals surface area (Å²) in [4.78, 5) is 9.12. The van der Waals surface area contributed by atoms with Gasteiger partial charge < -0.3 is 10.1 Å². The molecule has 0 spiro atoms. The smallest absolute Gasteiger partial charge is 0.419 e. The van der Waals surface area contributed by atoms with E-state index in [0.29, 0.717) is 24.1 Å². The van der Waals surface area contributed by atoms with Crippen molar-refractivity contribution in [1.82, 2.24) is 9.97 Å². The summed E-state index contributed by atoms with van der Waals surface area (Å²) in [5.41, 5.74) is -0.416. The summed E-state index contributed by atoms with van der Waals surface area (Å²) in [5, 5.41) is 3.51.